The zero-order valence-electron chi connectivity index (χ0n) is 10.6. The molecule has 1 saturated heterocycles. The van der Waals surface area contributed by atoms with Gasteiger partial charge in [0.2, 0.25) is 0 Å². The van der Waals surface area contributed by atoms with Crippen LogP contribution in [0, 0.1) is 0 Å². The molecule has 0 unspecified atom stereocenters. The Morgan fingerprint density at radius 3 is 2.22 bits per heavy atom. The predicted molar refractivity (Wildman–Crippen MR) is 72.5 cm³/mol. The molecule has 1 heterocycles. The Bertz CT molecular complexity index is 325. The summed E-state index contributed by atoms with van der Waals surface area (Å²) in [6, 6.07) is 8.54. The van der Waals surface area contributed by atoms with Gasteiger partial charge in [0.15, 0.2) is 0 Å². The van der Waals surface area contributed by atoms with Crippen molar-refractivity contribution in [3.05, 3.63) is 35.9 Å². The minimum absolute atomic E-state index is 0.385. The molecular formula is C14H22N2O2. The van der Waals surface area contributed by atoms with Crippen molar-refractivity contribution in [3.63, 3.8) is 0 Å². The molecule has 1 aromatic rings. The van der Waals surface area contributed by atoms with Gasteiger partial charge in [0.05, 0.1) is 0 Å². The Morgan fingerprint density at radius 1 is 1.22 bits per heavy atom. The van der Waals surface area contributed by atoms with Crippen molar-refractivity contribution < 1.29 is 9.90 Å². The Labute approximate surface area is 108 Å². The largest absolute Gasteiger partial charge is 0.480 e. The second-order valence-corrected chi connectivity index (χ2v) is 4.45. The Morgan fingerprint density at radius 2 is 1.83 bits per heavy atom. The summed E-state index contributed by atoms with van der Waals surface area (Å²) in [6.07, 6.45) is 4.60. The number of carboxylic acids is 1. The Hall–Kier alpha value is -1.39. The number of piperidine rings is 1. The van der Waals surface area contributed by atoms with Gasteiger partial charge < -0.3 is 16.2 Å². The van der Waals surface area contributed by atoms with Crippen molar-refractivity contribution in [2.45, 2.75) is 31.7 Å². The van der Waals surface area contributed by atoms with Crippen LogP contribution in [0.3, 0.4) is 0 Å². The van der Waals surface area contributed by atoms with Gasteiger partial charge in [-0.3, -0.25) is 4.79 Å². The molecule has 4 heteroatoms. The number of carboxylic acid groups (broad SMARTS) is 1. The van der Waals surface area contributed by atoms with Gasteiger partial charge in [0.25, 0.3) is 0 Å². The summed E-state index contributed by atoms with van der Waals surface area (Å²) >= 11 is 0. The van der Waals surface area contributed by atoms with Crippen LogP contribution in [0.5, 0.6) is 0 Å². The molecular weight excluding hydrogens is 228 g/mol. The lowest BCUT2D eigenvalue weighted by molar-refractivity contribution is -0.138. The van der Waals surface area contributed by atoms with Gasteiger partial charge in [-0.1, -0.05) is 36.8 Å². The number of nitrogens with two attached hydrogens (primary N) is 1. The molecule has 0 aromatic heterocycles. The van der Waals surface area contributed by atoms with Crippen LogP contribution in [0.2, 0.25) is 0 Å². The maximum absolute atomic E-state index is 10.4. The first-order chi connectivity index (χ1) is 8.70. The van der Waals surface area contributed by atoms with Crippen LogP contribution in [0.15, 0.2) is 30.3 Å². The highest BCUT2D eigenvalue weighted by molar-refractivity contribution is 5.73. The molecule has 0 bridgehead atoms. The minimum atomic E-state index is -0.959. The average Bonchev–Trinajstić information content (AvgIpc) is 2.42. The molecule has 18 heavy (non-hydrogen) atoms. The summed E-state index contributed by atoms with van der Waals surface area (Å²) in [5.74, 6) is -0.959. The molecule has 0 aliphatic carbocycles. The van der Waals surface area contributed by atoms with Gasteiger partial charge in [0, 0.05) is 0 Å². The molecule has 1 fully saturated rings. The van der Waals surface area contributed by atoms with E-state index in [2.05, 4.69) is 5.32 Å². The highest BCUT2D eigenvalue weighted by Gasteiger charge is 2.10. The van der Waals surface area contributed by atoms with Crippen LogP contribution < -0.4 is 11.1 Å². The monoisotopic (exact) mass is 250 g/mol. The van der Waals surface area contributed by atoms with Gasteiger partial charge in [-0.15, -0.1) is 0 Å². The lowest BCUT2D eigenvalue weighted by Gasteiger charge is -2.08. The number of nitrogens with one attached hydrogen (secondary N) is 1. The molecule has 2 rings (SSSR count). The normalized spacial score (nSPS) is 16.3. The summed E-state index contributed by atoms with van der Waals surface area (Å²) < 4.78 is 0. The minimum Gasteiger partial charge on any atom is -0.480 e. The fourth-order valence-electron chi connectivity index (χ4n) is 1.76. The quantitative estimate of drug-likeness (QED) is 0.758. The molecule has 100 valence electrons. The second-order valence-electron chi connectivity index (χ2n) is 4.45. The van der Waals surface area contributed by atoms with Crippen LogP contribution in [-0.2, 0) is 11.2 Å². The predicted octanol–water partition coefficient (Wildman–Crippen LogP) is 1.40. The van der Waals surface area contributed by atoms with Gasteiger partial charge in [0.1, 0.15) is 6.04 Å². The first kappa shape index (κ1) is 14.7. The third-order valence-electron chi connectivity index (χ3n) is 2.82. The molecule has 1 aliphatic heterocycles. The standard InChI is InChI=1S/C9H11NO2.C5H11N/c10-8(9(11)12)6-7-4-2-1-3-5-7;1-2-4-6-5-3-1/h1-5,8H,6,10H2,(H,11,12);6H,1-5H2/t8-;/m0./s1. The number of hydrogen-bond acceptors (Lipinski definition) is 3. The number of carbonyl (C=O) groups is 1. The molecule has 1 aliphatic rings. The SMILES string of the molecule is C1CCNCC1.N[C@@H](Cc1ccccc1)C(=O)O. The third kappa shape index (κ3) is 6.37. The molecule has 0 amide bonds. The molecule has 0 radical (unpaired) electrons. The Kier molecular flexibility index (Phi) is 7.06. The first-order valence-corrected chi connectivity index (χ1v) is 6.43. The van der Waals surface area contributed by atoms with Crippen molar-refractivity contribution in [2.75, 3.05) is 13.1 Å². The molecule has 0 spiro atoms. The maximum Gasteiger partial charge on any atom is 0.320 e. The van der Waals surface area contributed by atoms with Gasteiger partial charge in [-0.25, -0.2) is 0 Å². The topological polar surface area (TPSA) is 75.3 Å². The van der Waals surface area contributed by atoms with E-state index in [0.29, 0.717) is 6.42 Å². The number of rotatable bonds is 3. The van der Waals surface area contributed by atoms with E-state index in [4.69, 9.17) is 10.8 Å². The van der Waals surface area contributed by atoms with Gasteiger partial charge in [-0.05, 0) is 37.9 Å². The first-order valence-electron chi connectivity index (χ1n) is 6.43. The average molecular weight is 250 g/mol. The highest BCUT2D eigenvalue weighted by Crippen LogP contribution is 2.01. The fourth-order valence-corrected chi connectivity index (χ4v) is 1.76. The summed E-state index contributed by atoms with van der Waals surface area (Å²) in [5, 5.41) is 11.8. The Balaban J connectivity index is 0.000000225. The highest BCUT2D eigenvalue weighted by atomic mass is 16.4. The van der Waals surface area contributed by atoms with Crippen molar-refractivity contribution in [1.82, 2.24) is 5.32 Å². The summed E-state index contributed by atoms with van der Waals surface area (Å²) in [4.78, 5) is 10.4. The van der Waals surface area contributed by atoms with Crippen LogP contribution in [0.1, 0.15) is 24.8 Å². The molecule has 1 atom stereocenters. The lowest BCUT2D eigenvalue weighted by Crippen LogP contribution is -2.32. The van der Waals surface area contributed by atoms with E-state index >= 15 is 0 Å². The van der Waals surface area contributed by atoms with Crippen LogP contribution in [0.4, 0.5) is 0 Å². The zero-order chi connectivity index (χ0) is 13.2. The van der Waals surface area contributed by atoms with Gasteiger partial charge >= 0.3 is 5.97 Å². The number of benzene rings is 1. The van der Waals surface area contributed by atoms with E-state index < -0.39 is 12.0 Å². The maximum atomic E-state index is 10.4. The van der Waals surface area contributed by atoms with E-state index in [-0.39, 0.29) is 0 Å². The summed E-state index contributed by atoms with van der Waals surface area (Å²) in [5.41, 5.74) is 6.30. The van der Waals surface area contributed by atoms with Crippen LogP contribution in [0.25, 0.3) is 0 Å². The van der Waals surface area contributed by atoms with Crippen LogP contribution >= 0.6 is 0 Å². The summed E-state index contributed by atoms with van der Waals surface area (Å²) in [7, 11) is 0. The van der Waals surface area contributed by atoms with Crippen molar-refractivity contribution in [3.8, 4) is 0 Å². The smallest absolute Gasteiger partial charge is 0.320 e. The van der Waals surface area contributed by atoms with E-state index in [9.17, 15) is 4.79 Å². The van der Waals surface area contributed by atoms with E-state index in [1.807, 2.05) is 30.3 Å². The molecule has 0 saturated carbocycles. The van der Waals surface area contributed by atoms with E-state index in [1.54, 1.807) is 0 Å². The second kappa shape index (κ2) is 8.66. The molecule has 4 N–H and O–H groups in total. The van der Waals surface area contributed by atoms with Gasteiger partial charge in [-0.2, -0.15) is 0 Å². The lowest BCUT2D eigenvalue weighted by atomic mass is 10.1. The summed E-state index contributed by atoms with van der Waals surface area (Å²) in [6.45, 7) is 2.50. The molecule has 1 aromatic carbocycles. The number of aliphatic carboxylic acids is 1. The molecule has 4 nitrogen and oxygen atoms in total. The van der Waals surface area contributed by atoms with Crippen LogP contribution in [-0.4, -0.2) is 30.2 Å². The zero-order valence-corrected chi connectivity index (χ0v) is 10.6. The van der Waals surface area contributed by atoms with E-state index in [1.165, 1.54) is 32.4 Å². The fraction of sp³-hybridized carbons (Fsp3) is 0.500. The van der Waals surface area contributed by atoms with E-state index in [0.717, 1.165) is 5.56 Å². The van der Waals surface area contributed by atoms with Crippen molar-refractivity contribution >= 4 is 5.97 Å². The van der Waals surface area contributed by atoms with Crippen molar-refractivity contribution in [1.29, 1.82) is 0 Å². The number of hydrogen-bond donors (Lipinski definition) is 3. The third-order valence-corrected chi connectivity index (χ3v) is 2.82. The van der Waals surface area contributed by atoms with Crippen molar-refractivity contribution in [2.24, 2.45) is 5.73 Å².